The quantitative estimate of drug-likeness (QED) is 0.889. The van der Waals surface area contributed by atoms with E-state index in [9.17, 15) is 15.0 Å². The maximum Gasteiger partial charge on any atom is 0.339 e. The summed E-state index contributed by atoms with van der Waals surface area (Å²) in [6, 6.07) is 1.49. The molecule has 1 fully saturated rings. The number of hydrogen-bond donors (Lipinski definition) is 2. The van der Waals surface area contributed by atoms with Crippen molar-refractivity contribution < 1.29 is 15.0 Å². The van der Waals surface area contributed by atoms with Crippen molar-refractivity contribution in [2.24, 2.45) is 5.92 Å². The Morgan fingerprint density at radius 2 is 2.39 bits per heavy atom. The largest absolute Gasteiger partial charge is 0.478 e. The molecule has 0 saturated carbocycles. The van der Waals surface area contributed by atoms with Crippen LogP contribution in [0.3, 0.4) is 0 Å². The summed E-state index contributed by atoms with van der Waals surface area (Å²) in [5, 5.41) is 18.7. The first kappa shape index (κ1) is 13.3. The maximum atomic E-state index is 11.3. The number of halogens is 1. The summed E-state index contributed by atoms with van der Waals surface area (Å²) >= 11 is 3.22. The fourth-order valence-electron chi connectivity index (χ4n) is 2.37. The Bertz CT molecular complexity index is 467. The third kappa shape index (κ3) is 2.35. The summed E-state index contributed by atoms with van der Waals surface area (Å²) in [7, 11) is 0. The van der Waals surface area contributed by atoms with Gasteiger partial charge in [0, 0.05) is 17.2 Å². The average Bonchev–Trinajstić information content (AvgIpc) is 2.70. The lowest BCUT2D eigenvalue weighted by Crippen LogP contribution is -2.36. The summed E-state index contributed by atoms with van der Waals surface area (Å²) in [4.78, 5) is 17.3. The van der Waals surface area contributed by atoms with Gasteiger partial charge in [-0.05, 0) is 34.3 Å². The molecule has 98 valence electrons. The van der Waals surface area contributed by atoms with E-state index >= 15 is 0 Å². The van der Waals surface area contributed by atoms with Crippen LogP contribution in [0.1, 0.15) is 23.7 Å². The Morgan fingerprint density at radius 3 is 3.00 bits per heavy atom. The van der Waals surface area contributed by atoms with Gasteiger partial charge in [-0.2, -0.15) is 0 Å². The first-order valence-electron chi connectivity index (χ1n) is 5.81. The Morgan fingerprint density at radius 1 is 1.67 bits per heavy atom. The normalized spacial score (nSPS) is 23.4. The molecular formula is C12H15BrN2O3. The predicted molar refractivity (Wildman–Crippen MR) is 70.9 cm³/mol. The second-order valence-electron chi connectivity index (χ2n) is 4.54. The SMILES string of the molecule is CC1CCN(c2ncc(Br)cc2C(=O)O)C1CO. The number of aromatic nitrogens is 1. The number of carboxylic acids is 1. The average molecular weight is 315 g/mol. The number of carbonyl (C=O) groups is 1. The minimum Gasteiger partial charge on any atom is -0.478 e. The van der Waals surface area contributed by atoms with Crippen molar-refractivity contribution in [2.75, 3.05) is 18.1 Å². The smallest absolute Gasteiger partial charge is 0.339 e. The second kappa shape index (κ2) is 5.24. The third-order valence-electron chi connectivity index (χ3n) is 3.41. The number of aromatic carboxylic acids is 1. The summed E-state index contributed by atoms with van der Waals surface area (Å²) in [6.45, 7) is 2.79. The molecule has 1 saturated heterocycles. The molecule has 18 heavy (non-hydrogen) atoms. The van der Waals surface area contributed by atoms with Crippen LogP contribution in [-0.2, 0) is 0 Å². The lowest BCUT2D eigenvalue weighted by atomic mass is 10.0. The molecule has 0 aromatic carbocycles. The maximum absolute atomic E-state index is 11.3. The van der Waals surface area contributed by atoms with Gasteiger partial charge in [0.15, 0.2) is 0 Å². The number of anilines is 1. The van der Waals surface area contributed by atoms with E-state index in [-0.39, 0.29) is 18.2 Å². The first-order chi connectivity index (χ1) is 8.54. The van der Waals surface area contributed by atoms with Gasteiger partial charge in [-0.3, -0.25) is 0 Å². The molecule has 0 amide bonds. The lowest BCUT2D eigenvalue weighted by molar-refractivity contribution is 0.0696. The van der Waals surface area contributed by atoms with Crippen LogP contribution in [0.25, 0.3) is 0 Å². The summed E-state index contributed by atoms with van der Waals surface area (Å²) in [5.74, 6) is -0.230. The van der Waals surface area contributed by atoms with Crippen molar-refractivity contribution in [3.8, 4) is 0 Å². The highest BCUT2D eigenvalue weighted by molar-refractivity contribution is 9.10. The van der Waals surface area contributed by atoms with Crippen LogP contribution in [0.15, 0.2) is 16.7 Å². The van der Waals surface area contributed by atoms with Crippen LogP contribution in [0.2, 0.25) is 0 Å². The van der Waals surface area contributed by atoms with Crippen molar-refractivity contribution in [2.45, 2.75) is 19.4 Å². The fourth-order valence-corrected chi connectivity index (χ4v) is 2.70. The van der Waals surface area contributed by atoms with Crippen molar-refractivity contribution in [3.05, 3.63) is 22.3 Å². The van der Waals surface area contributed by atoms with E-state index < -0.39 is 5.97 Å². The van der Waals surface area contributed by atoms with Crippen molar-refractivity contribution >= 4 is 27.7 Å². The minimum atomic E-state index is -1.00. The van der Waals surface area contributed by atoms with Gasteiger partial charge in [0.25, 0.3) is 0 Å². The standard InChI is InChI=1S/C12H15BrN2O3/c1-7-2-3-15(10(7)6-16)11-9(12(17)18)4-8(13)5-14-11/h4-5,7,10,16H,2-3,6H2,1H3,(H,17,18). The van der Waals surface area contributed by atoms with Crippen molar-refractivity contribution in [1.29, 1.82) is 0 Å². The molecule has 6 heteroatoms. The van der Waals surface area contributed by atoms with Crippen LogP contribution in [0.4, 0.5) is 5.82 Å². The fraction of sp³-hybridized carbons (Fsp3) is 0.500. The van der Waals surface area contributed by atoms with Gasteiger partial charge >= 0.3 is 5.97 Å². The molecule has 2 atom stereocenters. The minimum absolute atomic E-state index is 0.0119. The molecule has 2 rings (SSSR count). The van der Waals surface area contributed by atoms with Crippen molar-refractivity contribution in [3.63, 3.8) is 0 Å². The molecule has 1 aromatic rings. The topological polar surface area (TPSA) is 73.7 Å². The molecule has 2 heterocycles. The molecule has 0 radical (unpaired) electrons. The van der Waals surface area contributed by atoms with E-state index in [1.54, 1.807) is 12.3 Å². The monoisotopic (exact) mass is 314 g/mol. The van der Waals surface area contributed by atoms with E-state index in [0.717, 1.165) is 13.0 Å². The molecule has 2 N–H and O–H groups in total. The number of rotatable bonds is 3. The van der Waals surface area contributed by atoms with Gasteiger partial charge in [0.05, 0.1) is 12.6 Å². The molecular weight excluding hydrogens is 300 g/mol. The number of nitrogens with zero attached hydrogens (tertiary/aromatic N) is 2. The zero-order valence-electron chi connectivity index (χ0n) is 10.0. The van der Waals surface area contributed by atoms with Gasteiger partial charge in [-0.1, -0.05) is 6.92 Å². The van der Waals surface area contributed by atoms with Gasteiger partial charge in [-0.15, -0.1) is 0 Å². The van der Waals surface area contributed by atoms with E-state index in [4.69, 9.17) is 0 Å². The van der Waals surface area contributed by atoms with E-state index in [2.05, 4.69) is 27.8 Å². The number of aliphatic hydroxyl groups is 1. The Balaban J connectivity index is 2.41. The first-order valence-corrected chi connectivity index (χ1v) is 6.60. The van der Waals surface area contributed by atoms with E-state index in [1.165, 1.54) is 0 Å². The third-order valence-corrected chi connectivity index (χ3v) is 3.84. The summed E-state index contributed by atoms with van der Waals surface area (Å²) in [6.07, 6.45) is 2.52. The molecule has 0 aliphatic carbocycles. The second-order valence-corrected chi connectivity index (χ2v) is 5.45. The molecule has 2 unspecified atom stereocenters. The van der Waals surface area contributed by atoms with Gasteiger partial charge in [0.1, 0.15) is 11.4 Å². The highest BCUT2D eigenvalue weighted by Crippen LogP contribution is 2.31. The van der Waals surface area contributed by atoms with Gasteiger partial charge in [0.2, 0.25) is 0 Å². The number of hydrogen-bond acceptors (Lipinski definition) is 4. The summed E-state index contributed by atoms with van der Waals surface area (Å²) in [5.41, 5.74) is 0.164. The van der Waals surface area contributed by atoms with Crippen LogP contribution in [-0.4, -0.2) is 40.4 Å². The molecule has 1 aliphatic rings. The number of aliphatic hydroxyl groups excluding tert-OH is 1. The molecule has 5 nitrogen and oxygen atoms in total. The number of carboxylic acid groups (broad SMARTS) is 1. The van der Waals surface area contributed by atoms with E-state index in [1.807, 2.05) is 4.90 Å². The molecule has 1 aromatic heterocycles. The zero-order valence-corrected chi connectivity index (χ0v) is 11.6. The predicted octanol–water partition coefficient (Wildman–Crippen LogP) is 1.75. The van der Waals surface area contributed by atoms with Crippen LogP contribution in [0, 0.1) is 5.92 Å². The molecule has 1 aliphatic heterocycles. The van der Waals surface area contributed by atoms with Gasteiger partial charge in [-0.25, -0.2) is 9.78 Å². The lowest BCUT2D eigenvalue weighted by Gasteiger charge is -2.27. The molecule has 0 spiro atoms. The molecule has 0 bridgehead atoms. The van der Waals surface area contributed by atoms with Crippen molar-refractivity contribution in [1.82, 2.24) is 4.98 Å². The van der Waals surface area contributed by atoms with Gasteiger partial charge < -0.3 is 15.1 Å². The van der Waals surface area contributed by atoms with Crippen LogP contribution in [0.5, 0.6) is 0 Å². The zero-order chi connectivity index (χ0) is 13.3. The summed E-state index contributed by atoms with van der Waals surface area (Å²) < 4.78 is 0.636. The Labute approximate surface area is 114 Å². The van der Waals surface area contributed by atoms with E-state index in [0.29, 0.717) is 16.2 Å². The highest BCUT2D eigenvalue weighted by Gasteiger charge is 2.33. The van der Waals surface area contributed by atoms with Crippen LogP contribution < -0.4 is 4.90 Å². The number of pyridine rings is 1. The Hall–Kier alpha value is -1.14. The van der Waals surface area contributed by atoms with Crippen LogP contribution >= 0.6 is 15.9 Å². The Kier molecular flexibility index (Phi) is 3.87. The highest BCUT2D eigenvalue weighted by atomic mass is 79.9.